The second kappa shape index (κ2) is 5.97. The molecule has 0 amide bonds. The maximum atomic E-state index is 13.9. The number of sulfonamides is 1. The van der Waals surface area contributed by atoms with Crippen LogP contribution in [0.5, 0.6) is 0 Å². The van der Waals surface area contributed by atoms with Gasteiger partial charge in [-0.2, -0.15) is 0 Å². The number of halogens is 2. The topological polar surface area (TPSA) is 75.4 Å². The zero-order valence-electron chi connectivity index (χ0n) is 11.1. The smallest absolute Gasteiger partial charge is 0.243 e. The van der Waals surface area contributed by atoms with Crippen LogP contribution in [0.4, 0.5) is 10.1 Å². The number of anilines is 1. The first-order chi connectivity index (χ1) is 9.29. The van der Waals surface area contributed by atoms with E-state index in [1.165, 1.54) is 6.07 Å². The molecule has 5 nitrogen and oxygen atoms in total. The van der Waals surface area contributed by atoms with Crippen LogP contribution in [0.3, 0.4) is 0 Å². The average Bonchev–Trinajstić information content (AvgIpc) is 2.77. The molecule has 20 heavy (non-hydrogen) atoms. The molecule has 1 aliphatic rings. The number of rotatable bonds is 4. The number of nitrogens with two attached hydrogens (primary N) is 1. The minimum Gasteiger partial charge on any atom is -0.399 e. The molecule has 1 atom stereocenters. The summed E-state index contributed by atoms with van der Waals surface area (Å²) in [6.45, 7) is 2.09. The van der Waals surface area contributed by atoms with Crippen molar-refractivity contribution >= 4 is 31.6 Å². The summed E-state index contributed by atoms with van der Waals surface area (Å²) in [5.74, 6) is -0.572. The molecule has 3 N–H and O–H groups in total. The van der Waals surface area contributed by atoms with Gasteiger partial charge in [-0.3, -0.25) is 0 Å². The summed E-state index contributed by atoms with van der Waals surface area (Å²) in [5, 5.41) is 0. The van der Waals surface area contributed by atoms with Gasteiger partial charge in [-0.15, -0.1) is 0 Å². The zero-order chi connectivity index (χ0) is 14.9. The lowest BCUT2D eigenvalue weighted by atomic mass is 10.1. The number of benzene rings is 1. The van der Waals surface area contributed by atoms with E-state index in [1.807, 2.05) is 7.05 Å². The number of hydrogen-bond donors (Lipinski definition) is 2. The molecule has 0 aromatic heterocycles. The molecule has 1 unspecified atom stereocenters. The number of nitrogens with one attached hydrogen (secondary N) is 1. The molecule has 1 saturated heterocycles. The fraction of sp³-hybridized carbons (Fsp3) is 0.500. The molecule has 1 fully saturated rings. The summed E-state index contributed by atoms with van der Waals surface area (Å²) < 4.78 is 40.7. The van der Waals surface area contributed by atoms with E-state index in [9.17, 15) is 12.8 Å². The van der Waals surface area contributed by atoms with Crippen molar-refractivity contribution in [2.75, 3.05) is 32.4 Å². The van der Waals surface area contributed by atoms with Crippen LogP contribution in [0.25, 0.3) is 0 Å². The normalized spacial score (nSPS) is 20.4. The summed E-state index contributed by atoms with van der Waals surface area (Å²) >= 11 is 2.96. The van der Waals surface area contributed by atoms with Crippen molar-refractivity contribution in [3.8, 4) is 0 Å². The lowest BCUT2D eigenvalue weighted by Crippen LogP contribution is -2.31. The van der Waals surface area contributed by atoms with Gasteiger partial charge in [-0.25, -0.2) is 17.5 Å². The molecule has 0 saturated carbocycles. The minimum absolute atomic E-state index is 0.0403. The second-order valence-electron chi connectivity index (χ2n) is 5.08. The number of likely N-dealkylation sites (tertiary alicyclic amines) is 1. The lowest BCUT2D eigenvalue weighted by Gasteiger charge is -2.13. The monoisotopic (exact) mass is 365 g/mol. The fourth-order valence-corrected chi connectivity index (χ4v) is 4.13. The first-order valence-corrected chi connectivity index (χ1v) is 8.50. The van der Waals surface area contributed by atoms with Gasteiger partial charge >= 0.3 is 0 Å². The molecule has 1 aromatic rings. The molecule has 2 rings (SSSR count). The van der Waals surface area contributed by atoms with Crippen molar-refractivity contribution in [2.45, 2.75) is 11.3 Å². The van der Waals surface area contributed by atoms with Crippen molar-refractivity contribution in [1.29, 1.82) is 0 Å². The van der Waals surface area contributed by atoms with E-state index in [0.29, 0.717) is 6.54 Å². The Kier molecular flexibility index (Phi) is 4.68. The van der Waals surface area contributed by atoms with Crippen molar-refractivity contribution in [1.82, 2.24) is 9.62 Å². The van der Waals surface area contributed by atoms with Crippen molar-refractivity contribution in [3.63, 3.8) is 0 Å². The second-order valence-corrected chi connectivity index (χ2v) is 7.67. The first-order valence-electron chi connectivity index (χ1n) is 6.22. The molecular formula is C12H17BrFN3O2S. The summed E-state index contributed by atoms with van der Waals surface area (Å²) in [5.41, 5.74) is 5.76. The minimum atomic E-state index is -3.89. The molecule has 0 bridgehead atoms. The fourth-order valence-electron chi connectivity index (χ4n) is 2.28. The van der Waals surface area contributed by atoms with Gasteiger partial charge < -0.3 is 10.6 Å². The molecule has 0 spiro atoms. The van der Waals surface area contributed by atoms with Gasteiger partial charge in [-0.05, 0) is 54.0 Å². The van der Waals surface area contributed by atoms with Crippen LogP contribution in [0.1, 0.15) is 6.42 Å². The van der Waals surface area contributed by atoms with Crippen LogP contribution in [0.15, 0.2) is 21.5 Å². The Hall–Kier alpha value is -0.700. The van der Waals surface area contributed by atoms with Gasteiger partial charge in [0.15, 0.2) is 5.82 Å². The van der Waals surface area contributed by atoms with E-state index in [1.54, 1.807) is 0 Å². The Balaban J connectivity index is 2.14. The summed E-state index contributed by atoms with van der Waals surface area (Å²) in [6, 6.07) is 2.46. The van der Waals surface area contributed by atoms with E-state index >= 15 is 0 Å². The molecule has 1 aromatic carbocycles. The van der Waals surface area contributed by atoms with Gasteiger partial charge in [-0.1, -0.05) is 0 Å². The van der Waals surface area contributed by atoms with Gasteiger partial charge in [0.2, 0.25) is 10.0 Å². The number of nitrogen functional groups attached to an aromatic ring is 1. The molecule has 112 valence electrons. The van der Waals surface area contributed by atoms with Gasteiger partial charge in [0.1, 0.15) is 4.90 Å². The predicted octanol–water partition coefficient (Wildman–Crippen LogP) is 1.40. The van der Waals surface area contributed by atoms with Gasteiger partial charge in [0.25, 0.3) is 0 Å². The lowest BCUT2D eigenvalue weighted by molar-refractivity contribution is 0.394. The summed E-state index contributed by atoms with van der Waals surface area (Å²) in [4.78, 5) is 1.71. The molecule has 1 aliphatic heterocycles. The van der Waals surface area contributed by atoms with Crippen LogP contribution in [-0.4, -0.2) is 40.0 Å². The van der Waals surface area contributed by atoms with Crippen molar-refractivity contribution in [3.05, 3.63) is 22.4 Å². The molecule has 0 radical (unpaired) electrons. The summed E-state index contributed by atoms with van der Waals surface area (Å²) in [6.07, 6.45) is 0.933. The van der Waals surface area contributed by atoms with Crippen LogP contribution in [-0.2, 0) is 10.0 Å². The highest BCUT2D eigenvalue weighted by molar-refractivity contribution is 9.10. The molecular weight excluding hydrogens is 349 g/mol. The third-order valence-electron chi connectivity index (χ3n) is 3.36. The SMILES string of the molecule is CN1CCC(CNS(=O)(=O)c2cc(N)cc(Br)c2F)C1. The summed E-state index contributed by atoms with van der Waals surface area (Å²) in [7, 11) is -1.91. The highest BCUT2D eigenvalue weighted by atomic mass is 79.9. The van der Waals surface area contributed by atoms with Crippen LogP contribution < -0.4 is 10.5 Å². The van der Waals surface area contributed by atoms with Gasteiger partial charge in [0, 0.05) is 18.8 Å². The van der Waals surface area contributed by atoms with E-state index < -0.39 is 20.7 Å². The third-order valence-corrected chi connectivity index (χ3v) is 5.36. The Bertz CT molecular complexity index is 609. The third kappa shape index (κ3) is 3.49. The molecule has 0 aliphatic carbocycles. The Morgan fingerprint density at radius 3 is 2.85 bits per heavy atom. The first kappa shape index (κ1) is 15.7. The molecule has 8 heteroatoms. The van der Waals surface area contributed by atoms with Crippen LogP contribution >= 0.6 is 15.9 Å². The van der Waals surface area contributed by atoms with Crippen molar-refractivity contribution < 1.29 is 12.8 Å². The van der Waals surface area contributed by atoms with E-state index in [4.69, 9.17) is 5.73 Å². The van der Waals surface area contributed by atoms with E-state index in [-0.39, 0.29) is 16.1 Å². The van der Waals surface area contributed by atoms with E-state index in [2.05, 4.69) is 25.6 Å². The largest absolute Gasteiger partial charge is 0.399 e. The standard InChI is InChI=1S/C12H17BrFN3O2S/c1-17-3-2-8(7-17)6-16-20(18,19)11-5-9(15)4-10(13)12(11)14/h4-5,8,16H,2-3,6-7,15H2,1H3. The highest BCUT2D eigenvalue weighted by Gasteiger charge is 2.25. The Morgan fingerprint density at radius 2 is 2.25 bits per heavy atom. The number of hydrogen-bond acceptors (Lipinski definition) is 4. The maximum absolute atomic E-state index is 13.9. The Labute approximate surface area is 126 Å². The zero-order valence-corrected chi connectivity index (χ0v) is 13.5. The van der Waals surface area contributed by atoms with Crippen molar-refractivity contribution in [2.24, 2.45) is 5.92 Å². The quantitative estimate of drug-likeness (QED) is 0.790. The average molecular weight is 366 g/mol. The number of nitrogens with zero attached hydrogens (tertiary/aromatic N) is 1. The predicted molar refractivity (Wildman–Crippen MR) is 79.3 cm³/mol. The van der Waals surface area contributed by atoms with Crippen LogP contribution in [0.2, 0.25) is 0 Å². The van der Waals surface area contributed by atoms with Crippen LogP contribution in [0, 0.1) is 11.7 Å². The van der Waals surface area contributed by atoms with Gasteiger partial charge in [0.05, 0.1) is 4.47 Å². The maximum Gasteiger partial charge on any atom is 0.243 e. The molecule has 1 heterocycles. The Morgan fingerprint density at radius 1 is 1.55 bits per heavy atom. The van der Waals surface area contributed by atoms with E-state index in [0.717, 1.165) is 25.6 Å². The highest BCUT2D eigenvalue weighted by Crippen LogP contribution is 2.26.